The zero-order chi connectivity index (χ0) is 17.1. The van der Waals surface area contributed by atoms with Crippen molar-refractivity contribution in [2.75, 3.05) is 11.5 Å². The van der Waals surface area contributed by atoms with Crippen LogP contribution in [0.4, 0.5) is 5.69 Å². The topological polar surface area (TPSA) is 46.6 Å². The van der Waals surface area contributed by atoms with Crippen LogP contribution >= 0.6 is 0 Å². The smallest absolute Gasteiger partial charge is 0.237 e. The van der Waals surface area contributed by atoms with Gasteiger partial charge in [0, 0.05) is 6.42 Å². The summed E-state index contributed by atoms with van der Waals surface area (Å²) < 4.78 is 5.41. The van der Waals surface area contributed by atoms with E-state index in [1.54, 1.807) is 24.3 Å². The Kier molecular flexibility index (Phi) is 4.65. The molecule has 1 aliphatic rings. The van der Waals surface area contributed by atoms with E-state index >= 15 is 0 Å². The number of ether oxygens (including phenoxy) is 1. The number of benzene rings is 2. The Bertz CT molecular complexity index is 724. The molecule has 0 unspecified atom stereocenters. The fraction of sp³-hybridized carbons (Fsp3) is 0.300. The molecule has 2 amide bonds. The molecule has 2 aromatic rings. The predicted octanol–water partition coefficient (Wildman–Crippen LogP) is 3.77. The minimum Gasteiger partial charge on any atom is -0.494 e. The van der Waals surface area contributed by atoms with Crippen LogP contribution in [0.3, 0.4) is 0 Å². The van der Waals surface area contributed by atoms with Crippen molar-refractivity contribution in [3.8, 4) is 5.75 Å². The molecule has 1 heterocycles. The molecule has 4 nitrogen and oxygen atoms in total. The number of rotatable bonds is 5. The first-order chi connectivity index (χ1) is 11.6. The number of anilines is 1. The van der Waals surface area contributed by atoms with E-state index < -0.39 is 0 Å². The summed E-state index contributed by atoms with van der Waals surface area (Å²) >= 11 is 0. The molecule has 0 N–H and O–H groups in total. The molecule has 124 valence electrons. The van der Waals surface area contributed by atoms with Gasteiger partial charge in [0.15, 0.2) is 0 Å². The van der Waals surface area contributed by atoms with Crippen LogP contribution in [0.15, 0.2) is 54.6 Å². The van der Waals surface area contributed by atoms with E-state index in [4.69, 9.17) is 4.74 Å². The minimum atomic E-state index is -0.313. The minimum absolute atomic E-state index is 0.00958. The Morgan fingerprint density at radius 2 is 1.75 bits per heavy atom. The Morgan fingerprint density at radius 3 is 2.38 bits per heavy atom. The maximum Gasteiger partial charge on any atom is 0.237 e. The number of hydrogen-bond acceptors (Lipinski definition) is 3. The lowest BCUT2D eigenvalue weighted by Crippen LogP contribution is -2.31. The fourth-order valence-corrected chi connectivity index (χ4v) is 3.16. The molecule has 1 saturated heterocycles. The lowest BCUT2D eigenvalue weighted by Gasteiger charge is -2.19. The van der Waals surface area contributed by atoms with Gasteiger partial charge in [-0.15, -0.1) is 0 Å². The third-order valence-corrected chi connectivity index (χ3v) is 4.52. The average molecular weight is 323 g/mol. The van der Waals surface area contributed by atoms with Gasteiger partial charge in [0.2, 0.25) is 11.8 Å². The predicted molar refractivity (Wildman–Crippen MR) is 93.1 cm³/mol. The molecular weight excluding hydrogens is 302 g/mol. The van der Waals surface area contributed by atoms with Gasteiger partial charge in [0.1, 0.15) is 5.75 Å². The summed E-state index contributed by atoms with van der Waals surface area (Å²) in [7, 11) is 0. The van der Waals surface area contributed by atoms with E-state index in [1.165, 1.54) is 4.90 Å². The molecule has 0 aromatic heterocycles. The van der Waals surface area contributed by atoms with Crippen LogP contribution in [-0.4, -0.2) is 18.4 Å². The SMILES string of the molecule is CCOc1ccc(N2C(=O)C[C@@H]([C@H](C)c3ccccc3)C2=O)cc1. The average Bonchev–Trinajstić information content (AvgIpc) is 2.91. The molecule has 0 radical (unpaired) electrons. The van der Waals surface area contributed by atoms with Crippen LogP contribution in [0.2, 0.25) is 0 Å². The highest BCUT2D eigenvalue weighted by molar-refractivity contribution is 6.21. The molecule has 1 fully saturated rings. The number of imide groups is 1. The Hall–Kier alpha value is -2.62. The first-order valence-corrected chi connectivity index (χ1v) is 8.26. The first-order valence-electron chi connectivity index (χ1n) is 8.26. The summed E-state index contributed by atoms with van der Waals surface area (Å²) in [5.74, 6) is 0.161. The second-order valence-corrected chi connectivity index (χ2v) is 6.00. The van der Waals surface area contributed by atoms with Crippen LogP contribution in [0.1, 0.15) is 31.7 Å². The van der Waals surface area contributed by atoms with Crippen molar-refractivity contribution in [3.63, 3.8) is 0 Å². The monoisotopic (exact) mass is 323 g/mol. The third-order valence-electron chi connectivity index (χ3n) is 4.52. The third kappa shape index (κ3) is 3.04. The molecule has 0 spiro atoms. The number of amides is 2. The zero-order valence-electron chi connectivity index (χ0n) is 13.9. The lowest BCUT2D eigenvalue weighted by molar-refractivity contribution is -0.122. The van der Waals surface area contributed by atoms with Gasteiger partial charge < -0.3 is 4.74 Å². The summed E-state index contributed by atoms with van der Waals surface area (Å²) in [6, 6.07) is 17.0. The Balaban J connectivity index is 1.81. The Labute approximate surface area is 142 Å². The van der Waals surface area contributed by atoms with E-state index in [0.29, 0.717) is 12.3 Å². The van der Waals surface area contributed by atoms with Gasteiger partial charge in [-0.25, -0.2) is 0 Å². The highest BCUT2D eigenvalue weighted by atomic mass is 16.5. The van der Waals surface area contributed by atoms with Gasteiger partial charge in [-0.2, -0.15) is 0 Å². The maximum absolute atomic E-state index is 12.8. The van der Waals surface area contributed by atoms with Crippen LogP contribution in [0.25, 0.3) is 0 Å². The first kappa shape index (κ1) is 16.2. The van der Waals surface area contributed by atoms with Crippen molar-refractivity contribution in [3.05, 3.63) is 60.2 Å². The molecule has 1 aliphatic heterocycles. The summed E-state index contributed by atoms with van der Waals surface area (Å²) in [4.78, 5) is 26.5. The van der Waals surface area contributed by atoms with Gasteiger partial charge in [0.25, 0.3) is 0 Å². The van der Waals surface area contributed by atoms with Crippen LogP contribution in [0, 0.1) is 5.92 Å². The molecular formula is C20H21NO3. The van der Waals surface area contributed by atoms with Gasteiger partial charge in [0.05, 0.1) is 18.2 Å². The number of carbonyl (C=O) groups excluding carboxylic acids is 2. The standard InChI is InChI=1S/C20H21NO3/c1-3-24-17-11-9-16(10-12-17)21-19(22)13-18(20(21)23)14(2)15-7-5-4-6-8-15/h4-12,14,18H,3,13H2,1-2H3/t14-,18+/m1/s1. The van der Waals surface area contributed by atoms with Crippen LogP contribution < -0.4 is 9.64 Å². The number of carbonyl (C=O) groups is 2. The number of hydrogen-bond donors (Lipinski definition) is 0. The molecule has 24 heavy (non-hydrogen) atoms. The van der Waals surface area contributed by atoms with Crippen LogP contribution in [0.5, 0.6) is 5.75 Å². The molecule has 3 rings (SSSR count). The summed E-state index contributed by atoms with van der Waals surface area (Å²) in [5, 5.41) is 0. The highest BCUT2D eigenvalue weighted by Gasteiger charge is 2.42. The second kappa shape index (κ2) is 6.87. The summed E-state index contributed by atoms with van der Waals surface area (Å²) in [5.41, 5.74) is 1.69. The molecule has 0 bridgehead atoms. The number of nitrogens with zero attached hydrogens (tertiary/aromatic N) is 1. The second-order valence-electron chi connectivity index (χ2n) is 6.00. The summed E-state index contributed by atoms with van der Waals surface area (Å²) in [6.45, 7) is 4.50. The van der Waals surface area contributed by atoms with Gasteiger partial charge in [-0.05, 0) is 42.7 Å². The molecule has 0 saturated carbocycles. The molecule has 4 heteroatoms. The van der Waals surface area contributed by atoms with Crippen molar-refractivity contribution in [1.29, 1.82) is 0 Å². The maximum atomic E-state index is 12.8. The Morgan fingerprint density at radius 1 is 1.08 bits per heavy atom. The quantitative estimate of drug-likeness (QED) is 0.787. The van der Waals surface area contributed by atoms with Crippen molar-refractivity contribution >= 4 is 17.5 Å². The van der Waals surface area contributed by atoms with Crippen molar-refractivity contribution in [2.45, 2.75) is 26.2 Å². The molecule has 2 aromatic carbocycles. The van der Waals surface area contributed by atoms with E-state index in [-0.39, 0.29) is 30.1 Å². The van der Waals surface area contributed by atoms with E-state index in [0.717, 1.165) is 11.3 Å². The van der Waals surface area contributed by atoms with Gasteiger partial charge in [-0.1, -0.05) is 37.3 Å². The summed E-state index contributed by atoms with van der Waals surface area (Å²) in [6.07, 6.45) is 0.252. The largest absolute Gasteiger partial charge is 0.494 e. The fourth-order valence-electron chi connectivity index (χ4n) is 3.16. The van der Waals surface area contributed by atoms with Crippen LogP contribution in [-0.2, 0) is 9.59 Å². The van der Waals surface area contributed by atoms with Crippen molar-refractivity contribution < 1.29 is 14.3 Å². The zero-order valence-corrected chi connectivity index (χ0v) is 13.9. The van der Waals surface area contributed by atoms with Crippen molar-refractivity contribution in [1.82, 2.24) is 0 Å². The van der Waals surface area contributed by atoms with Crippen molar-refractivity contribution in [2.24, 2.45) is 5.92 Å². The normalized spacial score (nSPS) is 18.8. The lowest BCUT2D eigenvalue weighted by atomic mass is 9.86. The van der Waals surface area contributed by atoms with E-state index in [2.05, 4.69) is 0 Å². The van der Waals surface area contributed by atoms with E-state index in [9.17, 15) is 9.59 Å². The molecule has 2 atom stereocenters. The highest BCUT2D eigenvalue weighted by Crippen LogP contribution is 2.36. The molecule has 0 aliphatic carbocycles. The van der Waals surface area contributed by atoms with Gasteiger partial charge >= 0.3 is 0 Å². The van der Waals surface area contributed by atoms with Gasteiger partial charge in [-0.3, -0.25) is 14.5 Å². The van der Waals surface area contributed by atoms with E-state index in [1.807, 2.05) is 44.2 Å².